The molecule has 3 rings (SSSR count). The minimum absolute atomic E-state index is 0.387. The lowest BCUT2D eigenvalue weighted by atomic mass is 10.1. The molecule has 1 aromatic heterocycles. The topological polar surface area (TPSA) is 68.2 Å². The second-order valence-electron chi connectivity index (χ2n) is 6.62. The highest BCUT2D eigenvalue weighted by Crippen LogP contribution is 2.28. The lowest BCUT2D eigenvalue weighted by molar-refractivity contribution is 0.262. The van der Waals surface area contributed by atoms with E-state index in [1.54, 1.807) is 18.2 Å². The molecule has 0 aliphatic heterocycles. The number of hydrogen-bond acceptors (Lipinski definition) is 3. The van der Waals surface area contributed by atoms with E-state index < -0.39 is 0 Å². The maximum absolute atomic E-state index is 12.5. The normalized spacial score (nSPS) is 10.6. The second kappa shape index (κ2) is 8.35. The molecule has 28 heavy (non-hydrogen) atoms. The van der Waals surface area contributed by atoms with E-state index in [9.17, 15) is 4.79 Å². The van der Waals surface area contributed by atoms with Gasteiger partial charge in [-0.3, -0.25) is 4.68 Å². The van der Waals surface area contributed by atoms with Crippen LogP contribution in [0.25, 0.3) is 0 Å². The molecule has 1 heterocycles. The van der Waals surface area contributed by atoms with Gasteiger partial charge in [0, 0.05) is 5.02 Å². The molecule has 0 radical (unpaired) electrons. The summed E-state index contributed by atoms with van der Waals surface area (Å²) in [7, 11) is 1.54. The lowest BCUT2D eigenvalue weighted by Crippen LogP contribution is -2.20. The Morgan fingerprint density at radius 1 is 1.14 bits per heavy atom. The Hall–Kier alpha value is -2.99. The molecule has 0 saturated heterocycles. The molecule has 0 unspecified atom stereocenters. The zero-order valence-corrected chi connectivity index (χ0v) is 17.1. The fourth-order valence-electron chi connectivity index (χ4n) is 3.06. The molecule has 2 amide bonds. The standard InChI is InChI=1S/C21H23ClN4O2/c1-13-6-5-7-16(10-13)12-26-15(3)20(14(2)25-26)24-21(27)23-18-11-17(22)8-9-19(18)28-4/h5-11H,12H2,1-4H3,(H2,23,24,27). The Kier molecular flexibility index (Phi) is 5.90. The summed E-state index contributed by atoms with van der Waals surface area (Å²) in [6.45, 7) is 6.51. The minimum Gasteiger partial charge on any atom is -0.495 e. The SMILES string of the molecule is COc1ccc(Cl)cc1NC(=O)Nc1c(C)nn(Cc2cccc(C)c2)c1C. The average molecular weight is 399 g/mol. The largest absolute Gasteiger partial charge is 0.495 e. The van der Waals surface area contributed by atoms with Gasteiger partial charge in [0.25, 0.3) is 0 Å². The number of amides is 2. The van der Waals surface area contributed by atoms with Crippen molar-refractivity contribution in [2.45, 2.75) is 27.3 Å². The molecule has 6 nitrogen and oxygen atoms in total. The van der Waals surface area contributed by atoms with E-state index in [0.29, 0.717) is 28.7 Å². The van der Waals surface area contributed by atoms with Crippen molar-refractivity contribution in [3.8, 4) is 5.75 Å². The zero-order valence-electron chi connectivity index (χ0n) is 16.3. The van der Waals surface area contributed by atoms with Crippen LogP contribution in [0.3, 0.4) is 0 Å². The predicted molar refractivity (Wildman–Crippen MR) is 113 cm³/mol. The second-order valence-corrected chi connectivity index (χ2v) is 7.05. The number of rotatable bonds is 5. The van der Waals surface area contributed by atoms with Crippen molar-refractivity contribution in [3.63, 3.8) is 0 Å². The van der Waals surface area contributed by atoms with Crippen LogP contribution in [0.4, 0.5) is 16.2 Å². The van der Waals surface area contributed by atoms with E-state index in [1.807, 2.05) is 24.6 Å². The number of anilines is 2. The smallest absolute Gasteiger partial charge is 0.323 e. The molecule has 3 aromatic rings. The van der Waals surface area contributed by atoms with Crippen LogP contribution in [0.5, 0.6) is 5.75 Å². The number of halogens is 1. The van der Waals surface area contributed by atoms with Crippen molar-refractivity contribution < 1.29 is 9.53 Å². The molecule has 0 saturated carbocycles. The van der Waals surface area contributed by atoms with Gasteiger partial charge in [-0.05, 0) is 44.5 Å². The molecule has 0 aliphatic carbocycles. The van der Waals surface area contributed by atoms with E-state index in [1.165, 1.54) is 12.7 Å². The van der Waals surface area contributed by atoms with Crippen LogP contribution in [-0.4, -0.2) is 22.9 Å². The van der Waals surface area contributed by atoms with Crippen LogP contribution in [-0.2, 0) is 6.54 Å². The first-order valence-electron chi connectivity index (χ1n) is 8.88. The van der Waals surface area contributed by atoms with Gasteiger partial charge in [-0.15, -0.1) is 0 Å². The summed E-state index contributed by atoms with van der Waals surface area (Å²) in [5.74, 6) is 0.531. The highest BCUT2D eigenvalue weighted by molar-refractivity contribution is 6.31. The summed E-state index contributed by atoms with van der Waals surface area (Å²) in [4.78, 5) is 12.5. The summed E-state index contributed by atoms with van der Waals surface area (Å²) < 4.78 is 7.15. The molecule has 146 valence electrons. The first-order chi connectivity index (χ1) is 13.4. The van der Waals surface area contributed by atoms with E-state index in [4.69, 9.17) is 16.3 Å². The van der Waals surface area contributed by atoms with Gasteiger partial charge in [-0.2, -0.15) is 5.10 Å². The molecular formula is C21H23ClN4O2. The number of benzene rings is 2. The molecule has 0 aliphatic rings. The van der Waals surface area contributed by atoms with Gasteiger partial charge in [-0.25, -0.2) is 4.79 Å². The van der Waals surface area contributed by atoms with Crippen molar-refractivity contribution in [3.05, 3.63) is 70.0 Å². The maximum Gasteiger partial charge on any atom is 0.323 e. The summed E-state index contributed by atoms with van der Waals surface area (Å²) in [6.07, 6.45) is 0. The van der Waals surface area contributed by atoms with Crippen LogP contribution in [0.15, 0.2) is 42.5 Å². The van der Waals surface area contributed by atoms with Crippen molar-refractivity contribution in [2.24, 2.45) is 0 Å². The molecule has 0 atom stereocenters. The van der Waals surface area contributed by atoms with Crippen molar-refractivity contribution >= 4 is 29.0 Å². The maximum atomic E-state index is 12.5. The monoisotopic (exact) mass is 398 g/mol. The number of aryl methyl sites for hydroxylation is 2. The molecule has 2 aromatic carbocycles. The third kappa shape index (κ3) is 4.46. The van der Waals surface area contributed by atoms with Crippen LogP contribution < -0.4 is 15.4 Å². The number of hydrogen-bond donors (Lipinski definition) is 2. The Bertz CT molecular complexity index is 1010. The summed E-state index contributed by atoms with van der Waals surface area (Å²) >= 11 is 6.02. The number of carbonyl (C=O) groups is 1. The van der Waals surface area contributed by atoms with Crippen LogP contribution in [0.2, 0.25) is 5.02 Å². The quantitative estimate of drug-likeness (QED) is 0.623. The molecule has 0 fully saturated rings. The van der Waals surface area contributed by atoms with Gasteiger partial charge >= 0.3 is 6.03 Å². The fourth-order valence-corrected chi connectivity index (χ4v) is 3.23. The molecule has 0 spiro atoms. The van der Waals surface area contributed by atoms with Gasteiger partial charge in [0.1, 0.15) is 5.75 Å². The lowest BCUT2D eigenvalue weighted by Gasteiger charge is -2.12. The highest BCUT2D eigenvalue weighted by Gasteiger charge is 2.16. The number of nitrogens with zero attached hydrogens (tertiary/aromatic N) is 2. The molecule has 0 bridgehead atoms. The summed E-state index contributed by atoms with van der Waals surface area (Å²) in [5, 5.41) is 10.7. The Labute approximate surface area is 169 Å². The summed E-state index contributed by atoms with van der Waals surface area (Å²) in [6, 6.07) is 12.9. The average Bonchev–Trinajstić information content (AvgIpc) is 2.89. The number of methoxy groups -OCH3 is 1. The summed E-state index contributed by atoms with van der Waals surface area (Å²) in [5.41, 5.74) is 5.17. The van der Waals surface area contributed by atoms with Crippen LogP contribution >= 0.6 is 11.6 Å². The number of urea groups is 1. The molecule has 2 N–H and O–H groups in total. The van der Waals surface area contributed by atoms with Gasteiger partial charge in [0.2, 0.25) is 0 Å². The van der Waals surface area contributed by atoms with Crippen molar-refractivity contribution in [1.29, 1.82) is 0 Å². The van der Waals surface area contributed by atoms with Crippen molar-refractivity contribution in [1.82, 2.24) is 9.78 Å². The zero-order chi connectivity index (χ0) is 20.3. The van der Waals surface area contributed by atoms with Gasteiger partial charge in [0.05, 0.1) is 36.4 Å². The predicted octanol–water partition coefficient (Wildman–Crippen LogP) is 5.16. The van der Waals surface area contributed by atoms with E-state index in [0.717, 1.165) is 17.0 Å². The van der Waals surface area contributed by atoms with Gasteiger partial charge < -0.3 is 15.4 Å². The van der Waals surface area contributed by atoms with Gasteiger partial charge in [-0.1, -0.05) is 41.4 Å². The Morgan fingerprint density at radius 2 is 1.93 bits per heavy atom. The number of ether oxygens (including phenoxy) is 1. The van der Waals surface area contributed by atoms with Crippen LogP contribution in [0.1, 0.15) is 22.5 Å². The first-order valence-corrected chi connectivity index (χ1v) is 9.26. The van der Waals surface area contributed by atoms with E-state index >= 15 is 0 Å². The van der Waals surface area contributed by atoms with Crippen molar-refractivity contribution in [2.75, 3.05) is 17.7 Å². The Balaban J connectivity index is 1.77. The number of nitrogens with one attached hydrogen (secondary N) is 2. The van der Waals surface area contributed by atoms with Crippen LogP contribution in [0, 0.1) is 20.8 Å². The number of carbonyl (C=O) groups excluding carboxylic acids is 1. The third-order valence-corrected chi connectivity index (χ3v) is 4.68. The fraction of sp³-hybridized carbons (Fsp3) is 0.238. The van der Waals surface area contributed by atoms with Gasteiger partial charge in [0.15, 0.2) is 0 Å². The van der Waals surface area contributed by atoms with E-state index in [2.05, 4.69) is 40.9 Å². The minimum atomic E-state index is -0.387. The van der Waals surface area contributed by atoms with E-state index in [-0.39, 0.29) is 6.03 Å². The Morgan fingerprint density at radius 3 is 2.64 bits per heavy atom. The third-order valence-electron chi connectivity index (χ3n) is 4.44. The highest BCUT2D eigenvalue weighted by atomic mass is 35.5. The first kappa shape index (κ1) is 19.8. The number of aromatic nitrogens is 2. The molecular weight excluding hydrogens is 376 g/mol. The molecule has 7 heteroatoms.